The number of rotatable bonds is 4. The molecule has 2 aromatic carbocycles. The second kappa shape index (κ2) is 8.63. The van der Waals surface area contributed by atoms with Gasteiger partial charge < -0.3 is 4.74 Å². The van der Waals surface area contributed by atoms with Gasteiger partial charge in [-0.15, -0.1) is 0 Å². The van der Waals surface area contributed by atoms with Crippen LogP contribution in [0.5, 0.6) is 5.75 Å². The number of hydrogen-bond donors (Lipinski definition) is 0. The number of halogens is 2. The molecule has 0 N–H and O–H groups in total. The molecule has 3 rings (SSSR count). The van der Waals surface area contributed by atoms with E-state index in [0.717, 1.165) is 13.6 Å². The molecule has 0 atom stereocenters. The van der Waals surface area contributed by atoms with Gasteiger partial charge in [-0.1, -0.05) is 36.7 Å². The SMILES string of the molecule is CC(C)(C)c1nc2ccc(Br)cc2c(=O)n1N=Cc1ccc(OCC#N)c(I)c1. The zero-order chi connectivity index (χ0) is 21.2. The standard InChI is InChI=1S/C21H18BrIN4O2/c1-21(2,3)20-26-17-6-5-14(22)11-15(17)19(28)27(20)25-12-13-4-7-18(16(23)10-13)29-9-8-24/h4-7,10-12H,9H2,1-3H3. The van der Waals surface area contributed by atoms with Crippen LogP contribution in [0.15, 0.2) is 50.8 Å². The highest BCUT2D eigenvalue weighted by atomic mass is 127. The highest BCUT2D eigenvalue weighted by molar-refractivity contribution is 14.1. The summed E-state index contributed by atoms with van der Waals surface area (Å²) in [6.45, 7) is 5.98. The number of fused-ring (bicyclic) bond motifs is 1. The van der Waals surface area contributed by atoms with Crippen LogP contribution in [0.1, 0.15) is 32.2 Å². The Bertz CT molecular complexity index is 1210. The lowest BCUT2D eigenvalue weighted by molar-refractivity contribution is 0.365. The van der Waals surface area contributed by atoms with Crippen molar-refractivity contribution in [2.24, 2.45) is 5.10 Å². The topological polar surface area (TPSA) is 80.3 Å². The molecule has 6 nitrogen and oxygen atoms in total. The minimum atomic E-state index is -0.374. The van der Waals surface area contributed by atoms with E-state index in [2.05, 4.69) is 43.6 Å². The number of benzene rings is 2. The van der Waals surface area contributed by atoms with Crippen molar-refractivity contribution in [3.8, 4) is 11.8 Å². The van der Waals surface area contributed by atoms with Crippen LogP contribution in [0.3, 0.4) is 0 Å². The fraction of sp³-hybridized carbons (Fsp3) is 0.238. The van der Waals surface area contributed by atoms with Gasteiger partial charge in [-0.2, -0.15) is 15.0 Å². The first-order valence-electron chi connectivity index (χ1n) is 8.77. The van der Waals surface area contributed by atoms with E-state index in [1.807, 2.05) is 51.1 Å². The molecule has 29 heavy (non-hydrogen) atoms. The molecule has 0 amide bonds. The van der Waals surface area contributed by atoms with E-state index in [1.165, 1.54) is 4.68 Å². The lowest BCUT2D eigenvalue weighted by Gasteiger charge is -2.20. The largest absolute Gasteiger partial charge is 0.478 e. The second-order valence-corrected chi connectivity index (χ2v) is 9.42. The van der Waals surface area contributed by atoms with Gasteiger partial charge in [0.25, 0.3) is 5.56 Å². The molecule has 0 radical (unpaired) electrons. The maximum atomic E-state index is 13.1. The molecule has 0 spiro atoms. The minimum absolute atomic E-state index is 0.00784. The van der Waals surface area contributed by atoms with Crippen molar-refractivity contribution >= 4 is 55.6 Å². The third-order valence-corrected chi connectivity index (χ3v) is 5.39. The van der Waals surface area contributed by atoms with E-state index in [4.69, 9.17) is 15.0 Å². The van der Waals surface area contributed by atoms with Crippen molar-refractivity contribution in [2.75, 3.05) is 6.61 Å². The van der Waals surface area contributed by atoms with E-state index in [9.17, 15) is 4.79 Å². The summed E-state index contributed by atoms with van der Waals surface area (Å²) in [4.78, 5) is 17.8. The van der Waals surface area contributed by atoms with Crippen LogP contribution in [-0.2, 0) is 5.41 Å². The quantitative estimate of drug-likeness (QED) is 0.335. The Morgan fingerprint density at radius 3 is 2.72 bits per heavy atom. The molecular weight excluding hydrogens is 547 g/mol. The third kappa shape index (κ3) is 4.85. The van der Waals surface area contributed by atoms with E-state index >= 15 is 0 Å². The van der Waals surface area contributed by atoms with Crippen LogP contribution in [0, 0.1) is 14.9 Å². The molecule has 0 aliphatic rings. The van der Waals surface area contributed by atoms with Crippen LogP contribution in [0.2, 0.25) is 0 Å². The van der Waals surface area contributed by atoms with Crippen molar-refractivity contribution in [1.82, 2.24) is 9.66 Å². The van der Waals surface area contributed by atoms with Gasteiger partial charge in [0, 0.05) is 9.89 Å². The molecule has 1 aromatic heterocycles. The molecule has 148 valence electrons. The third-order valence-electron chi connectivity index (χ3n) is 4.05. The summed E-state index contributed by atoms with van der Waals surface area (Å²) in [7, 11) is 0. The summed E-state index contributed by atoms with van der Waals surface area (Å²) in [5, 5.41) is 13.6. The lowest BCUT2D eigenvalue weighted by Crippen LogP contribution is -2.29. The average molecular weight is 565 g/mol. The Labute approximate surface area is 190 Å². The van der Waals surface area contributed by atoms with E-state index in [1.54, 1.807) is 18.3 Å². The Balaban J connectivity index is 2.09. The van der Waals surface area contributed by atoms with Crippen molar-refractivity contribution in [3.63, 3.8) is 0 Å². The molecule has 1 heterocycles. The maximum absolute atomic E-state index is 13.1. The highest BCUT2D eigenvalue weighted by Crippen LogP contribution is 2.24. The monoisotopic (exact) mass is 564 g/mol. The highest BCUT2D eigenvalue weighted by Gasteiger charge is 2.22. The molecule has 0 aliphatic carbocycles. The van der Waals surface area contributed by atoms with Crippen molar-refractivity contribution < 1.29 is 4.74 Å². The predicted molar refractivity (Wildman–Crippen MR) is 126 cm³/mol. The van der Waals surface area contributed by atoms with Crippen LogP contribution in [0.25, 0.3) is 10.9 Å². The van der Waals surface area contributed by atoms with Gasteiger partial charge >= 0.3 is 0 Å². The summed E-state index contributed by atoms with van der Waals surface area (Å²) in [5.74, 6) is 1.21. The first-order valence-corrected chi connectivity index (χ1v) is 10.6. The maximum Gasteiger partial charge on any atom is 0.282 e. The summed E-state index contributed by atoms with van der Waals surface area (Å²) in [6.07, 6.45) is 1.62. The molecule has 0 bridgehead atoms. The summed E-state index contributed by atoms with van der Waals surface area (Å²) in [6, 6.07) is 12.9. The van der Waals surface area contributed by atoms with Crippen molar-refractivity contribution in [3.05, 3.63) is 66.2 Å². The molecule has 3 aromatic rings. The Hall–Kier alpha value is -2.25. The number of nitriles is 1. The molecule has 0 aliphatic heterocycles. The van der Waals surface area contributed by atoms with Crippen LogP contribution in [-0.4, -0.2) is 22.5 Å². The molecule has 0 unspecified atom stereocenters. The Morgan fingerprint density at radius 1 is 1.31 bits per heavy atom. The number of nitrogens with zero attached hydrogens (tertiary/aromatic N) is 4. The zero-order valence-electron chi connectivity index (χ0n) is 16.1. The Kier molecular flexibility index (Phi) is 6.39. The number of aromatic nitrogens is 2. The molecule has 0 fully saturated rings. The van der Waals surface area contributed by atoms with Crippen molar-refractivity contribution in [2.45, 2.75) is 26.2 Å². The predicted octanol–water partition coefficient (Wildman–Crippen LogP) is 4.85. The number of ether oxygens (including phenoxy) is 1. The summed E-state index contributed by atoms with van der Waals surface area (Å²) >= 11 is 5.55. The molecular formula is C21H18BrIN4O2. The van der Waals surface area contributed by atoms with Crippen LogP contribution < -0.4 is 10.3 Å². The minimum Gasteiger partial charge on any atom is -0.478 e. The van der Waals surface area contributed by atoms with Crippen LogP contribution in [0.4, 0.5) is 0 Å². The molecule has 0 saturated carbocycles. The zero-order valence-corrected chi connectivity index (χ0v) is 19.9. The van der Waals surface area contributed by atoms with Gasteiger partial charge in [0.1, 0.15) is 17.6 Å². The van der Waals surface area contributed by atoms with E-state index in [0.29, 0.717) is 22.5 Å². The van der Waals surface area contributed by atoms with Gasteiger partial charge in [0.05, 0.1) is 20.7 Å². The average Bonchev–Trinajstić information content (AvgIpc) is 2.66. The first-order chi connectivity index (χ1) is 13.7. The second-order valence-electron chi connectivity index (χ2n) is 7.35. The lowest BCUT2D eigenvalue weighted by atomic mass is 9.95. The van der Waals surface area contributed by atoms with Gasteiger partial charge in [0.15, 0.2) is 6.61 Å². The van der Waals surface area contributed by atoms with Gasteiger partial charge in [0.2, 0.25) is 0 Å². The van der Waals surface area contributed by atoms with Crippen molar-refractivity contribution in [1.29, 1.82) is 5.26 Å². The normalized spacial score (nSPS) is 11.7. The molecule has 8 heteroatoms. The van der Waals surface area contributed by atoms with Crippen LogP contribution >= 0.6 is 38.5 Å². The van der Waals surface area contributed by atoms with E-state index < -0.39 is 0 Å². The fourth-order valence-electron chi connectivity index (χ4n) is 2.69. The van der Waals surface area contributed by atoms with Gasteiger partial charge in [-0.3, -0.25) is 4.79 Å². The number of hydrogen-bond acceptors (Lipinski definition) is 5. The first kappa shape index (κ1) is 21.5. The van der Waals surface area contributed by atoms with Gasteiger partial charge in [-0.05, 0) is 64.6 Å². The Morgan fingerprint density at radius 2 is 2.07 bits per heavy atom. The summed E-state index contributed by atoms with van der Waals surface area (Å²) in [5.41, 5.74) is 0.852. The smallest absolute Gasteiger partial charge is 0.282 e. The van der Waals surface area contributed by atoms with Gasteiger partial charge in [-0.25, -0.2) is 4.98 Å². The van der Waals surface area contributed by atoms with E-state index in [-0.39, 0.29) is 17.6 Å². The fourth-order valence-corrected chi connectivity index (χ4v) is 3.75. The summed E-state index contributed by atoms with van der Waals surface area (Å²) < 4.78 is 8.39. The molecule has 0 saturated heterocycles.